The van der Waals surface area contributed by atoms with E-state index in [1.54, 1.807) is 34.5 Å². The first-order valence-corrected chi connectivity index (χ1v) is 16.5. The molecule has 46 heavy (non-hydrogen) atoms. The van der Waals surface area contributed by atoms with Gasteiger partial charge < -0.3 is 28.8 Å². The standard InChI is InChI=1S/C37H41IN2O6/c1-39-14-12-25-19-34(42-2)36(44-4)21-28(25)30(39)17-24-8-11-32(41)33(18-24)46-27-9-6-23(7-10-27)16-31-29-22-37(45-5)35(43-3)20-26(29)13-15-40(31)38/h6-11,18-22,30-31,41H,12-17H2,1-5H3/t30-,31-/m1/s1. The minimum atomic E-state index is 0.111. The molecule has 0 saturated heterocycles. The van der Waals surface area contributed by atoms with E-state index in [0.29, 0.717) is 11.5 Å². The Labute approximate surface area is 285 Å². The van der Waals surface area contributed by atoms with Gasteiger partial charge in [-0.15, -0.1) is 0 Å². The van der Waals surface area contributed by atoms with Crippen LogP contribution >= 0.6 is 22.9 Å². The third kappa shape index (κ3) is 6.59. The van der Waals surface area contributed by atoms with Gasteiger partial charge in [0.2, 0.25) is 0 Å². The van der Waals surface area contributed by atoms with Crippen LogP contribution in [0.4, 0.5) is 0 Å². The molecule has 0 aliphatic carbocycles. The fourth-order valence-corrected chi connectivity index (χ4v) is 7.40. The number of methoxy groups -OCH3 is 4. The molecule has 1 N–H and O–H groups in total. The zero-order chi connectivity index (χ0) is 32.4. The van der Waals surface area contributed by atoms with Crippen LogP contribution in [0.3, 0.4) is 0 Å². The summed E-state index contributed by atoms with van der Waals surface area (Å²) < 4.78 is 30.9. The van der Waals surface area contributed by atoms with Crippen molar-refractivity contribution in [3.63, 3.8) is 0 Å². The highest BCUT2D eigenvalue weighted by Crippen LogP contribution is 2.42. The van der Waals surface area contributed by atoms with Gasteiger partial charge in [0.1, 0.15) is 5.75 Å². The lowest BCUT2D eigenvalue weighted by Gasteiger charge is -2.35. The molecule has 8 nitrogen and oxygen atoms in total. The second-order valence-electron chi connectivity index (χ2n) is 11.9. The van der Waals surface area contributed by atoms with Gasteiger partial charge in [-0.1, -0.05) is 18.2 Å². The van der Waals surface area contributed by atoms with E-state index in [0.717, 1.165) is 67.3 Å². The third-order valence-corrected chi connectivity index (χ3v) is 10.4. The molecule has 4 aromatic carbocycles. The summed E-state index contributed by atoms with van der Waals surface area (Å²) in [6.45, 7) is 1.92. The largest absolute Gasteiger partial charge is 0.504 e. The molecule has 2 atom stereocenters. The summed E-state index contributed by atoms with van der Waals surface area (Å²) in [5.74, 6) is 4.24. The number of fused-ring (bicyclic) bond motifs is 2. The summed E-state index contributed by atoms with van der Waals surface area (Å²) in [6, 6.07) is 22.6. The van der Waals surface area contributed by atoms with Gasteiger partial charge in [0.15, 0.2) is 34.5 Å². The van der Waals surface area contributed by atoms with Gasteiger partial charge in [0.05, 0.1) is 28.4 Å². The first kappa shape index (κ1) is 32.3. The first-order valence-electron chi connectivity index (χ1n) is 15.5. The van der Waals surface area contributed by atoms with Crippen molar-refractivity contribution in [2.45, 2.75) is 37.8 Å². The molecule has 242 valence electrons. The lowest BCUT2D eigenvalue weighted by Crippen LogP contribution is -2.33. The van der Waals surface area contributed by atoms with E-state index in [9.17, 15) is 5.11 Å². The number of halogens is 1. The van der Waals surface area contributed by atoms with Crippen molar-refractivity contribution in [2.75, 3.05) is 48.6 Å². The number of nitrogens with zero attached hydrogens (tertiary/aromatic N) is 2. The van der Waals surface area contributed by atoms with Crippen LogP contribution in [0.1, 0.15) is 45.5 Å². The molecule has 2 heterocycles. The smallest absolute Gasteiger partial charge is 0.169 e. The number of likely N-dealkylation sites (N-methyl/N-ethyl adjacent to an activating group) is 1. The number of benzene rings is 4. The highest BCUT2D eigenvalue weighted by atomic mass is 127. The van der Waals surface area contributed by atoms with Crippen LogP contribution in [0.2, 0.25) is 0 Å². The molecule has 0 bridgehead atoms. The highest BCUT2D eigenvalue weighted by Gasteiger charge is 2.29. The number of rotatable bonds is 10. The van der Waals surface area contributed by atoms with E-state index < -0.39 is 0 Å². The second-order valence-corrected chi connectivity index (χ2v) is 13.1. The van der Waals surface area contributed by atoms with Crippen LogP contribution in [0, 0.1) is 0 Å². The topological polar surface area (TPSA) is 72.9 Å². The van der Waals surface area contributed by atoms with Crippen molar-refractivity contribution >= 4 is 22.9 Å². The van der Waals surface area contributed by atoms with Gasteiger partial charge in [-0.05, 0) is 115 Å². The molecule has 2 aliphatic heterocycles. The molecule has 2 aliphatic rings. The molecule has 0 saturated carbocycles. The maximum Gasteiger partial charge on any atom is 0.169 e. The van der Waals surface area contributed by atoms with Crippen LogP contribution in [0.15, 0.2) is 66.7 Å². The minimum absolute atomic E-state index is 0.111. The van der Waals surface area contributed by atoms with Crippen molar-refractivity contribution in [3.8, 4) is 40.2 Å². The van der Waals surface area contributed by atoms with Crippen molar-refractivity contribution in [3.05, 3.63) is 100 Å². The Bertz CT molecular complexity index is 1690. The average molecular weight is 737 g/mol. The predicted octanol–water partition coefficient (Wildman–Crippen LogP) is 7.48. The van der Waals surface area contributed by atoms with E-state index in [1.165, 1.54) is 27.8 Å². The number of aromatic hydroxyl groups is 1. The van der Waals surface area contributed by atoms with Crippen LogP contribution in [0.5, 0.6) is 40.2 Å². The minimum Gasteiger partial charge on any atom is -0.504 e. The maximum atomic E-state index is 10.7. The Balaban J connectivity index is 1.18. The summed E-state index contributed by atoms with van der Waals surface area (Å²) in [4.78, 5) is 2.37. The zero-order valence-corrected chi connectivity index (χ0v) is 29.2. The van der Waals surface area contributed by atoms with Crippen molar-refractivity contribution in [2.24, 2.45) is 0 Å². The van der Waals surface area contributed by atoms with Gasteiger partial charge in [0.25, 0.3) is 0 Å². The van der Waals surface area contributed by atoms with Crippen molar-refractivity contribution in [1.82, 2.24) is 8.01 Å². The second kappa shape index (κ2) is 14.0. The van der Waals surface area contributed by atoms with E-state index in [4.69, 9.17) is 23.7 Å². The first-order chi connectivity index (χ1) is 22.3. The number of phenolic OH excluding ortho intramolecular Hbond substituents is 1. The molecule has 9 heteroatoms. The monoisotopic (exact) mass is 736 g/mol. The summed E-state index contributed by atoms with van der Waals surface area (Å²) in [5, 5.41) is 10.7. The number of hydrogen-bond acceptors (Lipinski definition) is 8. The Morgan fingerprint density at radius 1 is 0.652 bits per heavy atom. The summed E-state index contributed by atoms with van der Waals surface area (Å²) in [7, 11) is 8.85. The van der Waals surface area contributed by atoms with Crippen LogP contribution in [-0.4, -0.2) is 61.7 Å². The molecular weight excluding hydrogens is 695 g/mol. The van der Waals surface area contributed by atoms with E-state index >= 15 is 0 Å². The fourth-order valence-electron chi connectivity index (χ4n) is 6.66. The van der Waals surface area contributed by atoms with Crippen LogP contribution in [0.25, 0.3) is 0 Å². The van der Waals surface area contributed by atoms with E-state index in [-0.39, 0.29) is 17.8 Å². The molecular formula is C37H41IN2O6. The molecule has 0 spiro atoms. The molecule has 0 aromatic heterocycles. The van der Waals surface area contributed by atoms with Crippen LogP contribution in [-0.2, 0) is 25.7 Å². The lowest BCUT2D eigenvalue weighted by atomic mass is 9.88. The van der Waals surface area contributed by atoms with Crippen molar-refractivity contribution in [1.29, 1.82) is 0 Å². The Hall–Kier alpha value is -3.67. The van der Waals surface area contributed by atoms with Gasteiger partial charge >= 0.3 is 0 Å². The van der Waals surface area contributed by atoms with Gasteiger partial charge in [-0.3, -0.25) is 4.90 Å². The highest BCUT2D eigenvalue weighted by molar-refractivity contribution is 14.1. The molecule has 0 unspecified atom stereocenters. The number of ether oxygens (including phenoxy) is 5. The fraction of sp³-hybridized carbons (Fsp3) is 0.351. The zero-order valence-electron chi connectivity index (χ0n) is 27.0. The van der Waals surface area contributed by atoms with E-state index in [2.05, 4.69) is 74.3 Å². The summed E-state index contributed by atoms with van der Waals surface area (Å²) >= 11 is 2.43. The quantitative estimate of drug-likeness (QED) is 0.133. The summed E-state index contributed by atoms with van der Waals surface area (Å²) in [5.41, 5.74) is 7.36. The average Bonchev–Trinajstić information content (AvgIpc) is 3.08. The molecule has 0 amide bonds. The van der Waals surface area contributed by atoms with Gasteiger partial charge in [-0.2, -0.15) is 0 Å². The number of hydrogen-bond donors (Lipinski definition) is 1. The summed E-state index contributed by atoms with van der Waals surface area (Å²) in [6.07, 6.45) is 3.53. The molecule has 0 radical (unpaired) electrons. The molecule has 0 fully saturated rings. The van der Waals surface area contributed by atoms with Crippen LogP contribution < -0.4 is 23.7 Å². The van der Waals surface area contributed by atoms with Gasteiger partial charge in [-0.25, -0.2) is 3.11 Å². The Kier molecular flexibility index (Phi) is 9.81. The molecule has 4 aromatic rings. The third-order valence-electron chi connectivity index (χ3n) is 9.24. The Morgan fingerprint density at radius 3 is 1.78 bits per heavy atom. The van der Waals surface area contributed by atoms with E-state index in [1.807, 2.05) is 24.3 Å². The number of phenols is 1. The predicted molar refractivity (Wildman–Crippen MR) is 187 cm³/mol. The van der Waals surface area contributed by atoms with Gasteiger partial charge in [0, 0.05) is 48.0 Å². The lowest BCUT2D eigenvalue weighted by molar-refractivity contribution is 0.228. The maximum absolute atomic E-state index is 10.7. The normalized spacial score (nSPS) is 18.0. The SMILES string of the molecule is COc1cc2c(cc1OC)[C@@H](Cc1ccc(O)c(Oc3ccc(C[C@@H]4c5cc(OC)c(OC)cc5CCN4I)cc3)c1)N(C)CC2. The molecule has 6 rings (SSSR count). The van der Waals surface area contributed by atoms with Crippen molar-refractivity contribution < 1.29 is 28.8 Å². The Morgan fingerprint density at radius 2 is 1.17 bits per heavy atom.